The van der Waals surface area contributed by atoms with E-state index >= 15 is 0 Å². The normalized spacial score (nSPS) is 31.9. The van der Waals surface area contributed by atoms with E-state index in [-0.39, 0.29) is 24.0 Å². The van der Waals surface area contributed by atoms with Gasteiger partial charge in [0.25, 0.3) is 0 Å². The Kier molecular flexibility index (Phi) is 4.23. The van der Waals surface area contributed by atoms with Crippen molar-refractivity contribution in [2.75, 3.05) is 0 Å². The zero-order chi connectivity index (χ0) is 6.04. The van der Waals surface area contributed by atoms with Crippen LogP contribution in [-0.4, -0.2) is 0 Å². The molecule has 0 bridgehead atoms. The van der Waals surface area contributed by atoms with E-state index in [1.807, 2.05) is 0 Å². The van der Waals surface area contributed by atoms with E-state index in [1.54, 1.807) is 0 Å². The minimum absolute atomic E-state index is 0. The maximum Gasteiger partial charge on any atom is -1.00 e. The first-order chi connectivity index (χ1) is 3.71. The van der Waals surface area contributed by atoms with Gasteiger partial charge in [0.05, 0.1) is 0 Å². The molecule has 0 N–H and O–H groups in total. The molecule has 0 radical (unpaired) electrons. The minimum Gasteiger partial charge on any atom is -1.00 e. The van der Waals surface area contributed by atoms with E-state index in [1.165, 1.54) is 24.7 Å². The van der Waals surface area contributed by atoms with Gasteiger partial charge in [-0.05, 0) is 0 Å². The van der Waals surface area contributed by atoms with Gasteiger partial charge in [-0.25, -0.2) is 0 Å². The summed E-state index contributed by atoms with van der Waals surface area (Å²) in [6.07, 6.45) is 10.0. The van der Waals surface area contributed by atoms with Crippen LogP contribution < -0.4 is 24.0 Å². The molecule has 0 nitrogen and oxygen atoms in total. The van der Waals surface area contributed by atoms with Crippen molar-refractivity contribution in [1.82, 2.24) is 0 Å². The summed E-state index contributed by atoms with van der Waals surface area (Å²) in [4.78, 5) is 0. The fourth-order valence-electron chi connectivity index (χ4n) is 0.772. The van der Waals surface area contributed by atoms with Gasteiger partial charge in [0.1, 0.15) is 0 Å². The van der Waals surface area contributed by atoms with Crippen LogP contribution in [0.25, 0.3) is 0 Å². The Morgan fingerprint density at radius 3 is 2.33 bits per heavy atom. The van der Waals surface area contributed by atoms with Gasteiger partial charge >= 0.3 is 60.0 Å². The first kappa shape index (κ1) is 9.83. The first-order valence-electron chi connectivity index (χ1n) is 2.90. The Morgan fingerprint density at radius 1 is 1.44 bits per heavy atom. The Morgan fingerprint density at radius 2 is 2.11 bits per heavy atom. The first-order valence-corrected chi connectivity index (χ1v) is 4.39. The molecule has 0 amide bonds. The van der Waals surface area contributed by atoms with E-state index in [0.29, 0.717) is 4.01 Å². The monoisotopic (exact) mass is 284 g/mol. The van der Waals surface area contributed by atoms with E-state index in [9.17, 15) is 0 Å². The van der Waals surface area contributed by atoms with Crippen LogP contribution in [0.5, 0.6) is 0 Å². The van der Waals surface area contributed by atoms with Gasteiger partial charge in [-0.3, -0.25) is 0 Å². The molecule has 1 rings (SSSR count). The zero-order valence-corrected chi connectivity index (χ0v) is 10.7. The molecule has 46 valence electrons. The van der Waals surface area contributed by atoms with Crippen molar-refractivity contribution in [3.63, 3.8) is 0 Å². The van der Waals surface area contributed by atoms with Crippen LogP contribution in [0.3, 0.4) is 0 Å². The number of hydrogen-bond donors (Lipinski definition) is 0. The quantitative estimate of drug-likeness (QED) is 0.405. The van der Waals surface area contributed by atoms with Gasteiger partial charge in [-0.2, -0.15) is 0 Å². The van der Waals surface area contributed by atoms with Gasteiger partial charge in [0, 0.05) is 0 Å². The molecular weight excluding hydrogens is 276 g/mol. The average Bonchev–Trinajstić information content (AvgIpc) is 1.65. The SMILES string of the molecule is C[C]1([Zn+])C=CC=CC1.[I-]. The van der Waals surface area contributed by atoms with Crippen molar-refractivity contribution in [2.45, 2.75) is 17.4 Å². The van der Waals surface area contributed by atoms with Gasteiger partial charge < -0.3 is 24.0 Å². The molecule has 1 atom stereocenters. The molecule has 1 aliphatic carbocycles. The number of rotatable bonds is 0. The smallest absolute Gasteiger partial charge is 1.00 e. The Hall–Kier alpha value is 0.833. The Labute approximate surface area is 83.5 Å². The standard InChI is InChI=1S/C7H9.HI.Zn/c1-7-5-3-2-4-6-7;;/h2-5H,6H2,1H3;1H;/q;;+1/p-1. The summed E-state index contributed by atoms with van der Waals surface area (Å²) in [5.41, 5.74) is 0. The van der Waals surface area contributed by atoms with Gasteiger partial charge in [0.15, 0.2) is 0 Å². The molecule has 0 spiro atoms. The maximum absolute atomic E-state index is 2.30. The number of halogens is 1. The summed E-state index contributed by atoms with van der Waals surface area (Å²) in [5.74, 6) is 0. The molecule has 0 saturated carbocycles. The predicted molar refractivity (Wildman–Crippen MR) is 31.3 cm³/mol. The summed E-state index contributed by atoms with van der Waals surface area (Å²) in [6, 6.07) is 0. The van der Waals surface area contributed by atoms with Gasteiger partial charge in [0.2, 0.25) is 0 Å². The van der Waals surface area contributed by atoms with Crippen LogP contribution in [0.2, 0.25) is 4.01 Å². The molecule has 0 fully saturated rings. The zero-order valence-electron chi connectivity index (χ0n) is 5.60. The second kappa shape index (κ2) is 3.87. The van der Waals surface area contributed by atoms with E-state index in [4.69, 9.17) is 0 Å². The maximum atomic E-state index is 2.30. The van der Waals surface area contributed by atoms with Crippen molar-refractivity contribution in [2.24, 2.45) is 0 Å². The third-order valence-corrected chi connectivity index (χ3v) is 2.43. The number of hydrogen-bond acceptors (Lipinski definition) is 0. The minimum atomic E-state index is 0. The van der Waals surface area contributed by atoms with E-state index in [0.717, 1.165) is 0 Å². The van der Waals surface area contributed by atoms with Crippen molar-refractivity contribution in [1.29, 1.82) is 0 Å². The van der Waals surface area contributed by atoms with Crippen LogP contribution in [-0.2, 0) is 18.3 Å². The summed E-state index contributed by atoms with van der Waals surface area (Å²) in [6.45, 7) is 2.30. The van der Waals surface area contributed by atoms with Crippen LogP contribution >= 0.6 is 0 Å². The van der Waals surface area contributed by atoms with Gasteiger partial charge in [-0.1, -0.05) is 0 Å². The molecule has 1 unspecified atom stereocenters. The number of allylic oxidation sites excluding steroid dienone is 4. The fraction of sp³-hybridized carbons (Fsp3) is 0.429. The molecule has 0 aromatic heterocycles. The summed E-state index contributed by atoms with van der Waals surface area (Å²) in [7, 11) is 0. The van der Waals surface area contributed by atoms with Crippen molar-refractivity contribution in [3.8, 4) is 0 Å². The Bertz CT molecular complexity index is 136. The second-order valence-corrected chi connectivity index (χ2v) is 6.03. The average molecular weight is 285 g/mol. The largest absolute Gasteiger partial charge is 1.00 e. The molecule has 0 aromatic carbocycles. The molecule has 0 aromatic rings. The van der Waals surface area contributed by atoms with Crippen LogP contribution in [0.15, 0.2) is 24.3 Å². The van der Waals surface area contributed by atoms with E-state index < -0.39 is 0 Å². The van der Waals surface area contributed by atoms with E-state index in [2.05, 4.69) is 31.2 Å². The predicted octanol–water partition coefficient (Wildman–Crippen LogP) is -0.768. The molecule has 0 heterocycles. The van der Waals surface area contributed by atoms with Crippen molar-refractivity contribution < 1.29 is 42.3 Å². The van der Waals surface area contributed by atoms with Crippen LogP contribution in [0, 0.1) is 0 Å². The van der Waals surface area contributed by atoms with Crippen molar-refractivity contribution >= 4 is 0 Å². The molecular formula is C7H9IZn. The third kappa shape index (κ3) is 3.51. The molecule has 1 aliphatic rings. The molecule has 9 heavy (non-hydrogen) atoms. The summed E-state index contributed by atoms with van der Waals surface area (Å²) < 4.78 is 0.536. The van der Waals surface area contributed by atoms with Crippen molar-refractivity contribution in [3.05, 3.63) is 24.3 Å². The van der Waals surface area contributed by atoms with Crippen LogP contribution in [0.4, 0.5) is 0 Å². The second-order valence-electron chi connectivity index (χ2n) is 2.65. The molecule has 0 saturated heterocycles. The molecule has 2 heteroatoms. The molecule has 0 aliphatic heterocycles. The topological polar surface area (TPSA) is 0 Å². The summed E-state index contributed by atoms with van der Waals surface area (Å²) in [5, 5.41) is 0. The Balaban J connectivity index is 0.000000640. The third-order valence-electron chi connectivity index (χ3n) is 1.33. The van der Waals surface area contributed by atoms with Gasteiger partial charge in [-0.15, -0.1) is 0 Å². The van der Waals surface area contributed by atoms with Crippen LogP contribution in [0.1, 0.15) is 13.3 Å². The fourth-order valence-corrected chi connectivity index (χ4v) is 1.41. The summed E-state index contributed by atoms with van der Waals surface area (Å²) >= 11 is 1.37.